The number of nitrogens with one attached hydrogen (secondary N) is 1. The molecule has 44 heavy (non-hydrogen) atoms. The van der Waals surface area contributed by atoms with E-state index in [0.717, 1.165) is 38.5 Å². The highest BCUT2D eigenvalue weighted by molar-refractivity contribution is 5.76. The number of rotatable bonds is 29. The van der Waals surface area contributed by atoms with Crippen molar-refractivity contribution in [1.82, 2.24) is 5.32 Å². The number of ether oxygens (including phenoxy) is 2. The van der Waals surface area contributed by atoms with Crippen molar-refractivity contribution in [3.05, 3.63) is 0 Å². The Morgan fingerprint density at radius 2 is 1.14 bits per heavy atom. The van der Waals surface area contributed by atoms with Crippen molar-refractivity contribution >= 4 is 5.91 Å². The van der Waals surface area contributed by atoms with Gasteiger partial charge < -0.3 is 40.3 Å². The Labute approximate surface area is 268 Å². The molecule has 0 aliphatic carbocycles. The molecular formula is C35H69NO8. The van der Waals surface area contributed by atoms with Gasteiger partial charge in [0.2, 0.25) is 5.91 Å². The molecule has 0 spiro atoms. The minimum atomic E-state index is -1.54. The Hall–Kier alpha value is -0.810. The van der Waals surface area contributed by atoms with Crippen molar-refractivity contribution < 1.29 is 39.8 Å². The first-order chi connectivity index (χ1) is 21.3. The molecule has 0 bridgehead atoms. The molecule has 0 aromatic carbocycles. The number of aliphatic hydroxyl groups excluding tert-OH is 5. The second-order valence-electron chi connectivity index (χ2n) is 13.0. The van der Waals surface area contributed by atoms with E-state index in [9.17, 15) is 30.3 Å². The van der Waals surface area contributed by atoms with E-state index in [1.165, 1.54) is 96.3 Å². The van der Waals surface area contributed by atoms with Gasteiger partial charge in [0.05, 0.1) is 25.4 Å². The maximum atomic E-state index is 12.8. The average molecular weight is 632 g/mol. The molecule has 0 saturated carbocycles. The molecule has 1 fully saturated rings. The lowest BCUT2D eigenvalue weighted by atomic mass is 9.99. The molecule has 1 rings (SSSR count). The highest BCUT2D eigenvalue weighted by Crippen LogP contribution is 2.23. The van der Waals surface area contributed by atoms with E-state index in [0.29, 0.717) is 12.8 Å². The fraction of sp³-hybridized carbons (Fsp3) is 0.971. The molecule has 9 nitrogen and oxygen atoms in total. The molecule has 7 unspecified atom stereocenters. The van der Waals surface area contributed by atoms with Crippen LogP contribution in [0.4, 0.5) is 0 Å². The van der Waals surface area contributed by atoms with Crippen LogP contribution in [-0.4, -0.2) is 87.5 Å². The number of aliphatic hydroxyl groups is 5. The first-order valence-corrected chi connectivity index (χ1v) is 18.2. The quantitative estimate of drug-likeness (QED) is 0.0580. The summed E-state index contributed by atoms with van der Waals surface area (Å²) in [5.41, 5.74) is 0. The first-order valence-electron chi connectivity index (χ1n) is 18.2. The average Bonchev–Trinajstić information content (AvgIpc) is 3.02. The number of hydrogen-bond donors (Lipinski definition) is 6. The third-order valence-corrected chi connectivity index (χ3v) is 8.96. The molecular weight excluding hydrogens is 562 g/mol. The zero-order valence-corrected chi connectivity index (χ0v) is 28.2. The molecule has 1 heterocycles. The molecule has 9 heteroatoms. The summed E-state index contributed by atoms with van der Waals surface area (Å²) in [5, 5.41) is 53.9. The van der Waals surface area contributed by atoms with Gasteiger partial charge in [0.15, 0.2) is 6.29 Å². The minimum Gasteiger partial charge on any atom is -0.394 e. The van der Waals surface area contributed by atoms with Crippen molar-refractivity contribution in [3.8, 4) is 0 Å². The standard InChI is InChI=1S/C35H69NO8/c1-3-5-7-9-11-13-14-15-17-18-20-22-24-29(38)28(27-43-35-34(42)33(41)32(40)30(26-37)44-35)36-31(39)25-23-21-19-16-12-10-8-6-4-2/h28-30,32-35,37-38,40-42H,3-27H2,1-2H3,(H,36,39). The van der Waals surface area contributed by atoms with Crippen LogP contribution < -0.4 is 5.32 Å². The maximum absolute atomic E-state index is 12.8. The predicted molar refractivity (Wildman–Crippen MR) is 175 cm³/mol. The van der Waals surface area contributed by atoms with Gasteiger partial charge in [0.25, 0.3) is 0 Å². The van der Waals surface area contributed by atoms with E-state index in [1.807, 2.05) is 0 Å². The Morgan fingerprint density at radius 3 is 1.61 bits per heavy atom. The fourth-order valence-electron chi connectivity index (χ4n) is 5.92. The Bertz CT molecular complexity index is 667. The number of carbonyl (C=O) groups excluding carboxylic acids is 1. The third kappa shape index (κ3) is 19.0. The van der Waals surface area contributed by atoms with Gasteiger partial charge in [-0.05, 0) is 12.8 Å². The second-order valence-corrected chi connectivity index (χ2v) is 13.0. The topological polar surface area (TPSA) is 149 Å². The van der Waals surface area contributed by atoms with Crippen LogP contribution in [0.25, 0.3) is 0 Å². The van der Waals surface area contributed by atoms with E-state index in [-0.39, 0.29) is 12.5 Å². The highest BCUT2D eigenvalue weighted by atomic mass is 16.7. The summed E-state index contributed by atoms with van der Waals surface area (Å²) in [4.78, 5) is 12.8. The number of hydrogen-bond acceptors (Lipinski definition) is 8. The third-order valence-electron chi connectivity index (χ3n) is 8.96. The molecule has 1 aliphatic heterocycles. The summed E-state index contributed by atoms with van der Waals surface area (Å²) < 4.78 is 11.2. The van der Waals surface area contributed by atoms with Gasteiger partial charge in [-0.25, -0.2) is 0 Å². The first kappa shape index (κ1) is 41.2. The van der Waals surface area contributed by atoms with E-state index in [4.69, 9.17) is 9.47 Å². The summed E-state index contributed by atoms with van der Waals surface area (Å²) in [7, 11) is 0. The smallest absolute Gasteiger partial charge is 0.220 e. The van der Waals surface area contributed by atoms with E-state index < -0.39 is 49.5 Å². The summed E-state index contributed by atoms with van der Waals surface area (Å²) in [6.45, 7) is 3.78. The van der Waals surface area contributed by atoms with Crippen LogP contribution in [0, 0.1) is 0 Å². The number of carbonyl (C=O) groups is 1. The number of amides is 1. The van der Waals surface area contributed by atoms with Crippen molar-refractivity contribution in [2.24, 2.45) is 0 Å². The Morgan fingerprint density at radius 1 is 0.682 bits per heavy atom. The van der Waals surface area contributed by atoms with Gasteiger partial charge in [0.1, 0.15) is 24.4 Å². The highest BCUT2D eigenvalue weighted by Gasteiger charge is 2.44. The van der Waals surface area contributed by atoms with Crippen LogP contribution in [0.1, 0.15) is 162 Å². The zero-order chi connectivity index (χ0) is 32.4. The second kappa shape index (κ2) is 27.3. The minimum absolute atomic E-state index is 0.133. The van der Waals surface area contributed by atoms with Gasteiger partial charge in [-0.3, -0.25) is 4.79 Å². The van der Waals surface area contributed by atoms with Crippen LogP contribution in [0.5, 0.6) is 0 Å². The maximum Gasteiger partial charge on any atom is 0.220 e. The lowest BCUT2D eigenvalue weighted by molar-refractivity contribution is -0.302. The predicted octanol–water partition coefficient (Wildman–Crippen LogP) is 5.66. The Kier molecular flexibility index (Phi) is 25.6. The molecule has 0 radical (unpaired) electrons. The van der Waals surface area contributed by atoms with Crippen LogP contribution in [0.2, 0.25) is 0 Å². The van der Waals surface area contributed by atoms with Gasteiger partial charge in [-0.15, -0.1) is 0 Å². The van der Waals surface area contributed by atoms with Crippen LogP contribution in [-0.2, 0) is 14.3 Å². The Balaban J connectivity index is 2.45. The van der Waals surface area contributed by atoms with E-state index in [2.05, 4.69) is 19.2 Å². The van der Waals surface area contributed by atoms with E-state index in [1.54, 1.807) is 0 Å². The lowest BCUT2D eigenvalue weighted by Gasteiger charge is -2.40. The molecule has 0 aromatic heterocycles. The lowest BCUT2D eigenvalue weighted by Crippen LogP contribution is -2.60. The summed E-state index contributed by atoms with van der Waals surface area (Å²) in [5.74, 6) is -0.149. The summed E-state index contributed by atoms with van der Waals surface area (Å²) >= 11 is 0. The molecule has 1 aliphatic rings. The van der Waals surface area contributed by atoms with Gasteiger partial charge in [0, 0.05) is 6.42 Å². The fourth-order valence-corrected chi connectivity index (χ4v) is 5.92. The van der Waals surface area contributed by atoms with Crippen molar-refractivity contribution in [1.29, 1.82) is 0 Å². The molecule has 1 saturated heterocycles. The SMILES string of the molecule is CCCCCCCCCCCCCCC(O)C(COC1OC(CO)C(O)C(O)C1O)NC(=O)CCCCCCCCCCC. The van der Waals surface area contributed by atoms with Gasteiger partial charge in [-0.2, -0.15) is 0 Å². The summed E-state index contributed by atoms with van der Waals surface area (Å²) in [6, 6.07) is -0.707. The molecule has 262 valence electrons. The van der Waals surface area contributed by atoms with Crippen LogP contribution in [0.3, 0.4) is 0 Å². The number of unbranched alkanes of at least 4 members (excludes halogenated alkanes) is 19. The van der Waals surface area contributed by atoms with Crippen molar-refractivity contribution in [2.75, 3.05) is 13.2 Å². The van der Waals surface area contributed by atoms with Gasteiger partial charge >= 0.3 is 0 Å². The van der Waals surface area contributed by atoms with Crippen LogP contribution >= 0.6 is 0 Å². The largest absolute Gasteiger partial charge is 0.394 e. The van der Waals surface area contributed by atoms with Gasteiger partial charge in [-0.1, -0.05) is 142 Å². The van der Waals surface area contributed by atoms with Crippen molar-refractivity contribution in [3.63, 3.8) is 0 Å². The monoisotopic (exact) mass is 632 g/mol. The van der Waals surface area contributed by atoms with Crippen LogP contribution in [0.15, 0.2) is 0 Å². The molecule has 1 amide bonds. The summed E-state index contributed by atoms with van der Waals surface area (Å²) in [6.07, 6.45) is 18.3. The molecule has 6 N–H and O–H groups in total. The zero-order valence-electron chi connectivity index (χ0n) is 28.2. The van der Waals surface area contributed by atoms with Crippen molar-refractivity contribution in [2.45, 2.75) is 204 Å². The normalized spacial score (nSPS) is 23.5. The van der Waals surface area contributed by atoms with E-state index >= 15 is 0 Å². The molecule has 0 aromatic rings. The molecule has 7 atom stereocenters.